The molecule has 0 unspecified atom stereocenters. The van der Waals surface area contributed by atoms with Gasteiger partial charge in [-0.1, -0.05) is 18.2 Å². The lowest BCUT2D eigenvalue weighted by atomic mass is 10.2. The number of carbonyl (C=O) groups excluding carboxylic acids is 1. The minimum atomic E-state index is -2.96. The van der Waals surface area contributed by atoms with Gasteiger partial charge in [-0.05, 0) is 35.9 Å². The first-order valence-electron chi connectivity index (χ1n) is 7.64. The Kier molecular flexibility index (Phi) is 5.21. The summed E-state index contributed by atoms with van der Waals surface area (Å²) in [5.41, 5.74) is 1.01. The topological polar surface area (TPSA) is 56.2 Å². The molecule has 0 saturated heterocycles. The highest BCUT2D eigenvalue weighted by atomic mass is 19.3. The molecule has 0 radical (unpaired) electrons. The number of benzene rings is 2. The number of rotatable bonds is 6. The quantitative estimate of drug-likeness (QED) is 0.724. The zero-order chi connectivity index (χ0) is 18.5. The van der Waals surface area contributed by atoms with E-state index in [-0.39, 0.29) is 17.1 Å². The Hall–Kier alpha value is -3.29. The van der Waals surface area contributed by atoms with E-state index >= 15 is 0 Å². The normalized spacial score (nSPS) is 10.8. The Morgan fingerprint density at radius 2 is 1.92 bits per heavy atom. The summed E-state index contributed by atoms with van der Waals surface area (Å²) in [4.78, 5) is 12.2. The van der Waals surface area contributed by atoms with Gasteiger partial charge in [-0.2, -0.15) is 13.9 Å². The number of alkyl halides is 2. The van der Waals surface area contributed by atoms with Gasteiger partial charge < -0.3 is 10.1 Å². The van der Waals surface area contributed by atoms with Crippen LogP contribution >= 0.6 is 0 Å². The molecule has 2 aromatic carbocycles. The monoisotopic (exact) mass is 361 g/mol. The van der Waals surface area contributed by atoms with Crippen molar-refractivity contribution in [3.8, 4) is 5.75 Å². The van der Waals surface area contributed by atoms with E-state index in [1.54, 1.807) is 29.1 Å². The first-order valence-corrected chi connectivity index (χ1v) is 7.64. The molecule has 134 valence electrons. The van der Waals surface area contributed by atoms with Crippen molar-refractivity contribution >= 4 is 11.7 Å². The van der Waals surface area contributed by atoms with E-state index in [2.05, 4.69) is 15.2 Å². The second-order valence-electron chi connectivity index (χ2n) is 5.39. The van der Waals surface area contributed by atoms with Crippen molar-refractivity contribution in [1.82, 2.24) is 9.78 Å². The molecule has 0 spiro atoms. The SMILES string of the molecule is O=C(Nc1ccn(Cc2ccc(F)cc2)n1)c1cccc(OC(F)F)c1. The van der Waals surface area contributed by atoms with Crippen LogP contribution in [0.2, 0.25) is 0 Å². The Balaban J connectivity index is 1.65. The van der Waals surface area contributed by atoms with Crippen molar-refractivity contribution in [3.63, 3.8) is 0 Å². The van der Waals surface area contributed by atoms with Gasteiger partial charge in [0.1, 0.15) is 11.6 Å². The van der Waals surface area contributed by atoms with Crippen molar-refractivity contribution < 1.29 is 22.7 Å². The minimum absolute atomic E-state index is 0.102. The summed E-state index contributed by atoms with van der Waals surface area (Å²) in [7, 11) is 0. The fraction of sp³-hybridized carbons (Fsp3) is 0.111. The Bertz CT molecular complexity index is 895. The maximum Gasteiger partial charge on any atom is 0.387 e. The fourth-order valence-corrected chi connectivity index (χ4v) is 2.30. The Morgan fingerprint density at radius 3 is 2.65 bits per heavy atom. The van der Waals surface area contributed by atoms with Gasteiger partial charge in [-0.15, -0.1) is 0 Å². The zero-order valence-electron chi connectivity index (χ0n) is 13.4. The van der Waals surface area contributed by atoms with Gasteiger partial charge in [0.2, 0.25) is 0 Å². The number of amides is 1. The highest BCUT2D eigenvalue weighted by molar-refractivity contribution is 6.03. The molecule has 3 rings (SSSR count). The van der Waals surface area contributed by atoms with Crippen molar-refractivity contribution in [2.24, 2.45) is 0 Å². The first kappa shape index (κ1) is 17.5. The number of aromatic nitrogens is 2. The summed E-state index contributed by atoms with van der Waals surface area (Å²) in [6.45, 7) is -2.55. The van der Waals surface area contributed by atoms with Crippen LogP contribution in [-0.4, -0.2) is 22.3 Å². The van der Waals surface area contributed by atoms with Crippen molar-refractivity contribution in [1.29, 1.82) is 0 Å². The maximum absolute atomic E-state index is 12.9. The summed E-state index contributed by atoms with van der Waals surface area (Å²) in [6, 6.07) is 13.1. The van der Waals surface area contributed by atoms with E-state index in [1.165, 1.54) is 36.4 Å². The van der Waals surface area contributed by atoms with E-state index in [0.29, 0.717) is 12.4 Å². The van der Waals surface area contributed by atoms with Crippen molar-refractivity contribution in [3.05, 3.63) is 77.7 Å². The van der Waals surface area contributed by atoms with Crippen LogP contribution in [-0.2, 0) is 6.54 Å². The molecule has 5 nitrogen and oxygen atoms in total. The van der Waals surface area contributed by atoms with Crippen LogP contribution in [0, 0.1) is 5.82 Å². The smallest absolute Gasteiger partial charge is 0.387 e. The largest absolute Gasteiger partial charge is 0.435 e. The lowest BCUT2D eigenvalue weighted by Crippen LogP contribution is -2.13. The Morgan fingerprint density at radius 1 is 1.15 bits per heavy atom. The van der Waals surface area contributed by atoms with E-state index in [4.69, 9.17) is 0 Å². The van der Waals surface area contributed by atoms with Crippen LogP contribution in [0.3, 0.4) is 0 Å². The molecule has 0 saturated carbocycles. The number of anilines is 1. The fourth-order valence-electron chi connectivity index (χ4n) is 2.30. The number of ether oxygens (including phenoxy) is 1. The molecule has 3 aromatic rings. The van der Waals surface area contributed by atoms with E-state index < -0.39 is 12.5 Å². The van der Waals surface area contributed by atoms with Gasteiger partial charge in [0, 0.05) is 17.8 Å². The van der Waals surface area contributed by atoms with Crippen LogP contribution in [0.15, 0.2) is 60.8 Å². The van der Waals surface area contributed by atoms with Crippen LogP contribution < -0.4 is 10.1 Å². The molecule has 0 bridgehead atoms. The van der Waals surface area contributed by atoms with Gasteiger partial charge in [0.05, 0.1) is 6.54 Å². The Labute approximate surface area is 147 Å². The third-order valence-electron chi connectivity index (χ3n) is 3.46. The van der Waals surface area contributed by atoms with E-state index in [9.17, 15) is 18.0 Å². The third kappa shape index (κ3) is 4.62. The molecule has 0 aliphatic carbocycles. The molecule has 1 aromatic heterocycles. The molecular weight excluding hydrogens is 347 g/mol. The van der Waals surface area contributed by atoms with Gasteiger partial charge in [0.15, 0.2) is 5.82 Å². The standard InChI is InChI=1S/C18H14F3N3O2/c19-14-6-4-12(5-7-14)11-24-9-8-16(23-24)22-17(25)13-2-1-3-15(10-13)26-18(20)21/h1-10,18H,11H2,(H,22,23,25). The number of nitrogens with one attached hydrogen (secondary N) is 1. The molecule has 1 heterocycles. The summed E-state index contributed by atoms with van der Waals surface area (Å²) >= 11 is 0. The average Bonchev–Trinajstić information content (AvgIpc) is 3.03. The lowest BCUT2D eigenvalue weighted by Gasteiger charge is -2.07. The summed E-state index contributed by atoms with van der Waals surface area (Å²) in [6.07, 6.45) is 1.66. The second kappa shape index (κ2) is 7.73. The molecule has 8 heteroatoms. The van der Waals surface area contributed by atoms with Gasteiger partial charge >= 0.3 is 6.61 Å². The van der Waals surface area contributed by atoms with Crippen molar-refractivity contribution in [2.75, 3.05) is 5.32 Å². The molecule has 0 aliphatic heterocycles. The van der Waals surface area contributed by atoms with Crippen molar-refractivity contribution in [2.45, 2.75) is 13.2 Å². The van der Waals surface area contributed by atoms with Crippen LogP contribution in [0.25, 0.3) is 0 Å². The van der Waals surface area contributed by atoms with Crippen LogP contribution in [0.5, 0.6) is 5.75 Å². The second-order valence-corrected chi connectivity index (χ2v) is 5.39. The van der Waals surface area contributed by atoms with E-state index in [0.717, 1.165) is 5.56 Å². The predicted octanol–water partition coefficient (Wildman–Crippen LogP) is 3.92. The average molecular weight is 361 g/mol. The number of carbonyl (C=O) groups is 1. The molecule has 0 aliphatic rings. The summed E-state index contributed by atoms with van der Waals surface area (Å²) in [5.74, 6) is -0.622. The number of hydrogen-bond donors (Lipinski definition) is 1. The first-order chi connectivity index (χ1) is 12.5. The number of nitrogens with zero attached hydrogens (tertiary/aromatic N) is 2. The summed E-state index contributed by atoms with van der Waals surface area (Å²) < 4.78 is 43.3. The zero-order valence-corrected chi connectivity index (χ0v) is 13.4. The third-order valence-corrected chi connectivity index (χ3v) is 3.46. The van der Waals surface area contributed by atoms with Gasteiger partial charge in [0.25, 0.3) is 5.91 Å². The number of halogens is 3. The molecule has 1 N–H and O–H groups in total. The highest BCUT2D eigenvalue weighted by Crippen LogP contribution is 2.17. The van der Waals surface area contributed by atoms with Gasteiger partial charge in [-0.3, -0.25) is 9.48 Å². The summed E-state index contributed by atoms with van der Waals surface area (Å²) in [5, 5.41) is 6.78. The molecule has 1 amide bonds. The molecule has 0 fully saturated rings. The van der Waals surface area contributed by atoms with E-state index in [1.807, 2.05) is 0 Å². The highest BCUT2D eigenvalue weighted by Gasteiger charge is 2.11. The van der Waals surface area contributed by atoms with Crippen LogP contribution in [0.1, 0.15) is 15.9 Å². The minimum Gasteiger partial charge on any atom is -0.435 e. The predicted molar refractivity (Wildman–Crippen MR) is 88.8 cm³/mol. The maximum atomic E-state index is 12.9. The molecular formula is C18H14F3N3O2. The molecule has 0 atom stereocenters. The number of hydrogen-bond acceptors (Lipinski definition) is 3. The molecule has 26 heavy (non-hydrogen) atoms. The lowest BCUT2D eigenvalue weighted by molar-refractivity contribution is -0.0498. The van der Waals surface area contributed by atoms with Crippen LogP contribution in [0.4, 0.5) is 19.0 Å². The van der Waals surface area contributed by atoms with Gasteiger partial charge in [-0.25, -0.2) is 4.39 Å².